The highest BCUT2D eigenvalue weighted by Gasteiger charge is 2.46. The molecule has 1 fully saturated rings. The second kappa shape index (κ2) is 4.27. The standard InChI is InChI=1S/C11H22BO2P/c1-11(2)9(13)8(14-10(11)12)6-7-15(3,4)5/h8-10,13H,3,6-7H2,1-2,4-5H3/t8?,9-,10-/m1/s1. The van der Waals surface area contributed by atoms with Crippen LogP contribution < -0.4 is 0 Å². The highest BCUT2D eigenvalue weighted by molar-refractivity contribution is 7.72. The molecule has 1 rings (SSSR count). The van der Waals surface area contributed by atoms with Gasteiger partial charge in [-0.3, -0.25) is 0 Å². The van der Waals surface area contributed by atoms with E-state index >= 15 is 0 Å². The zero-order chi connectivity index (χ0) is 11.9. The molecule has 0 aromatic carbocycles. The van der Waals surface area contributed by atoms with Crippen molar-refractivity contribution in [2.24, 2.45) is 5.41 Å². The summed E-state index contributed by atoms with van der Waals surface area (Å²) in [6, 6.07) is -0.358. The number of hydrogen-bond donors (Lipinski definition) is 1. The molecule has 2 nitrogen and oxygen atoms in total. The molecule has 2 radical (unpaired) electrons. The molecule has 1 aliphatic rings. The number of rotatable bonds is 3. The molecule has 15 heavy (non-hydrogen) atoms. The van der Waals surface area contributed by atoms with Crippen LogP contribution in [0.3, 0.4) is 0 Å². The molecule has 3 atom stereocenters. The van der Waals surface area contributed by atoms with Gasteiger partial charge in [-0.05, 0) is 25.9 Å². The van der Waals surface area contributed by atoms with Crippen molar-refractivity contribution in [3.05, 3.63) is 0 Å². The van der Waals surface area contributed by atoms with Crippen molar-refractivity contribution in [2.75, 3.05) is 19.5 Å². The maximum atomic E-state index is 10.1. The smallest absolute Gasteiger partial charge is 0.109 e. The lowest BCUT2D eigenvalue weighted by atomic mass is 9.73. The van der Waals surface area contributed by atoms with Crippen LogP contribution in [0.4, 0.5) is 0 Å². The van der Waals surface area contributed by atoms with Crippen LogP contribution in [0, 0.1) is 5.41 Å². The zero-order valence-electron chi connectivity index (χ0n) is 10.2. The summed E-state index contributed by atoms with van der Waals surface area (Å²) in [6.45, 7) is 7.25. The van der Waals surface area contributed by atoms with Crippen LogP contribution in [0.2, 0.25) is 0 Å². The fraction of sp³-hybridized carbons (Fsp3) is 0.909. The van der Waals surface area contributed by atoms with Gasteiger partial charge >= 0.3 is 0 Å². The Kier molecular flexibility index (Phi) is 3.80. The third-order valence-electron chi connectivity index (χ3n) is 3.19. The first-order chi connectivity index (χ1) is 6.64. The molecular weight excluding hydrogens is 206 g/mol. The Labute approximate surface area is 94.8 Å². The highest BCUT2D eigenvalue weighted by Crippen LogP contribution is 2.42. The van der Waals surface area contributed by atoms with E-state index in [9.17, 15) is 5.11 Å². The minimum atomic E-state index is -1.04. The fourth-order valence-corrected chi connectivity index (χ4v) is 2.74. The maximum absolute atomic E-state index is 10.1. The molecule has 4 heteroatoms. The van der Waals surface area contributed by atoms with Gasteiger partial charge in [-0.15, -0.1) is 13.2 Å². The van der Waals surface area contributed by atoms with Crippen molar-refractivity contribution in [3.63, 3.8) is 0 Å². The van der Waals surface area contributed by atoms with Gasteiger partial charge in [0.2, 0.25) is 0 Å². The van der Waals surface area contributed by atoms with Crippen molar-refractivity contribution in [1.29, 1.82) is 0 Å². The van der Waals surface area contributed by atoms with E-state index in [1.807, 2.05) is 13.8 Å². The van der Waals surface area contributed by atoms with Crippen molar-refractivity contribution >= 4 is 21.0 Å². The molecule has 1 heterocycles. The van der Waals surface area contributed by atoms with Gasteiger partial charge in [-0.2, -0.15) is 0 Å². The first-order valence-corrected chi connectivity index (χ1v) is 8.46. The topological polar surface area (TPSA) is 29.5 Å². The van der Waals surface area contributed by atoms with Crippen LogP contribution in [0.5, 0.6) is 0 Å². The molecule has 1 unspecified atom stereocenters. The molecule has 0 aliphatic carbocycles. The van der Waals surface area contributed by atoms with Crippen LogP contribution in [0.25, 0.3) is 0 Å². The Hall–Kier alpha value is 0.285. The molecule has 0 spiro atoms. The monoisotopic (exact) mass is 228 g/mol. The number of aliphatic hydroxyl groups excluding tert-OH is 1. The quantitative estimate of drug-likeness (QED) is 0.583. The first-order valence-electron chi connectivity index (χ1n) is 5.41. The summed E-state index contributed by atoms with van der Waals surface area (Å²) >= 11 is 0. The second-order valence-corrected chi connectivity index (χ2v) is 10.1. The predicted octanol–water partition coefficient (Wildman–Crippen LogP) is 1.37. The maximum Gasteiger partial charge on any atom is 0.109 e. The van der Waals surface area contributed by atoms with E-state index in [1.54, 1.807) is 0 Å². The van der Waals surface area contributed by atoms with Crippen molar-refractivity contribution in [2.45, 2.75) is 38.5 Å². The molecule has 0 saturated carbocycles. The van der Waals surface area contributed by atoms with Crippen molar-refractivity contribution in [3.8, 4) is 0 Å². The van der Waals surface area contributed by atoms with E-state index < -0.39 is 13.0 Å². The Morgan fingerprint density at radius 1 is 1.47 bits per heavy atom. The van der Waals surface area contributed by atoms with E-state index in [0.29, 0.717) is 0 Å². The number of aliphatic hydroxyl groups is 1. The van der Waals surface area contributed by atoms with Gasteiger partial charge < -0.3 is 9.84 Å². The molecule has 0 bridgehead atoms. The van der Waals surface area contributed by atoms with Gasteiger partial charge in [0.05, 0.1) is 12.2 Å². The summed E-state index contributed by atoms with van der Waals surface area (Å²) in [6.07, 6.45) is 5.48. The zero-order valence-corrected chi connectivity index (χ0v) is 11.1. The molecule has 1 saturated heterocycles. The van der Waals surface area contributed by atoms with Gasteiger partial charge in [0, 0.05) is 11.4 Å². The third-order valence-corrected chi connectivity index (χ3v) is 4.66. The van der Waals surface area contributed by atoms with Gasteiger partial charge in [-0.1, -0.05) is 13.8 Å². The predicted molar refractivity (Wildman–Crippen MR) is 69.6 cm³/mol. The lowest BCUT2D eigenvalue weighted by molar-refractivity contribution is 0.0266. The fourth-order valence-electron chi connectivity index (χ4n) is 1.79. The minimum absolute atomic E-state index is 0.115. The van der Waals surface area contributed by atoms with Crippen LogP contribution >= 0.6 is 6.89 Å². The molecule has 86 valence electrons. The molecule has 0 aromatic heterocycles. The summed E-state index contributed by atoms with van der Waals surface area (Å²) in [5, 5.41) is 10.1. The summed E-state index contributed by atoms with van der Waals surface area (Å²) in [5.41, 5.74) is -0.339. The van der Waals surface area contributed by atoms with E-state index in [4.69, 9.17) is 12.6 Å². The Balaban J connectivity index is 2.57. The summed E-state index contributed by atoms with van der Waals surface area (Å²) in [7, 11) is 5.84. The Morgan fingerprint density at radius 2 is 2.00 bits per heavy atom. The third kappa shape index (κ3) is 3.12. The summed E-state index contributed by atoms with van der Waals surface area (Å²) < 4.78 is 5.60. The molecule has 0 amide bonds. The lowest BCUT2D eigenvalue weighted by Gasteiger charge is -2.26. The van der Waals surface area contributed by atoms with Gasteiger partial charge in [0.1, 0.15) is 7.85 Å². The number of ether oxygens (including phenoxy) is 1. The molecule has 1 aliphatic heterocycles. The van der Waals surface area contributed by atoms with E-state index in [-0.39, 0.29) is 17.5 Å². The van der Waals surface area contributed by atoms with E-state index in [0.717, 1.165) is 12.6 Å². The summed E-state index contributed by atoms with van der Waals surface area (Å²) in [5.74, 6) is 0. The first kappa shape index (κ1) is 13.4. The van der Waals surface area contributed by atoms with Gasteiger partial charge in [0.15, 0.2) is 0 Å². The van der Waals surface area contributed by atoms with Gasteiger partial charge in [-0.25, -0.2) is 0 Å². The minimum Gasteiger partial charge on any atom is -0.390 e. The average Bonchev–Trinajstić information content (AvgIpc) is 2.25. The van der Waals surface area contributed by atoms with E-state index in [2.05, 4.69) is 19.6 Å². The molecule has 1 N–H and O–H groups in total. The largest absolute Gasteiger partial charge is 0.390 e. The second-order valence-electron chi connectivity index (χ2n) is 5.81. The average molecular weight is 228 g/mol. The van der Waals surface area contributed by atoms with Crippen LogP contribution in [-0.2, 0) is 4.74 Å². The highest BCUT2D eigenvalue weighted by atomic mass is 31.2. The van der Waals surface area contributed by atoms with Crippen molar-refractivity contribution < 1.29 is 9.84 Å². The normalized spacial score (nSPS) is 35.7. The van der Waals surface area contributed by atoms with Crippen LogP contribution in [0.1, 0.15) is 20.3 Å². The SMILES string of the molecule is [B][C@@H]1OC(CCP(=C)(C)C)[C@@H](O)C1(C)C. The Bertz CT molecular complexity index is 272. The van der Waals surface area contributed by atoms with Crippen LogP contribution in [-0.4, -0.2) is 57.0 Å². The lowest BCUT2D eigenvalue weighted by Crippen LogP contribution is -2.36. The molecule has 0 aromatic rings. The van der Waals surface area contributed by atoms with Crippen LogP contribution in [0.15, 0.2) is 0 Å². The Morgan fingerprint density at radius 3 is 2.33 bits per heavy atom. The van der Waals surface area contributed by atoms with Crippen molar-refractivity contribution in [1.82, 2.24) is 0 Å². The van der Waals surface area contributed by atoms with Gasteiger partial charge in [0.25, 0.3) is 0 Å². The van der Waals surface area contributed by atoms with E-state index in [1.165, 1.54) is 0 Å². The number of hydrogen-bond acceptors (Lipinski definition) is 2. The summed E-state index contributed by atoms with van der Waals surface area (Å²) in [4.78, 5) is 0. The molecular formula is C11H22BO2P.